The molecule has 1 aliphatic rings. The number of nitro groups is 1. The van der Waals surface area contributed by atoms with Gasteiger partial charge in [-0.2, -0.15) is 4.31 Å². The summed E-state index contributed by atoms with van der Waals surface area (Å²) in [4.78, 5) is 24.9. The van der Waals surface area contributed by atoms with E-state index in [4.69, 9.17) is 0 Å². The number of anilines is 1. The summed E-state index contributed by atoms with van der Waals surface area (Å²) < 4.78 is 27.3. The number of hydrogen-bond donors (Lipinski definition) is 1. The fourth-order valence-electron chi connectivity index (χ4n) is 3.27. The maximum absolute atomic E-state index is 12.9. The van der Waals surface area contributed by atoms with Gasteiger partial charge in [0.1, 0.15) is 0 Å². The van der Waals surface area contributed by atoms with E-state index in [0.717, 1.165) is 6.54 Å². The van der Waals surface area contributed by atoms with E-state index >= 15 is 0 Å². The van der Waals surface area contributed by atoms with Crippen LogP contribution in [0, 0.1) is 10.1 Å². The fraction of sp³-hybridized carbons (Fsp3) is 0.286. The number of amides is 1. The van der Waals surface area contributed by atoms with Crippen LogP contribution < -0.4 is 5.32 Å². The van der Waals surface area contributed by atoms with E-state index in [-0.39, 0.29) is 10.6 Å². The second-order valence-corrected chi connectivity index (χ2v) is 8.98. The highest BCUT2D eigenvalue weighted by Gasteiger charge is 2.28. The second-order valence-electron chi connectivity index (χ2n) is 7.04. The number of nitro benzene ring substituents is 1. The molecule has 0 spiro atoms. The largest absolute Gasteiger partial charge is 0.322 e. The number of nitrogens with one attached hydrogen (secondary N) is 1. The molecule has 10 heteroatoms. The van der Waals surface area contributed by atoms with E-state index < -0.39 is 20.9 Å². The molecule has 0 radical (unpaired) electrons. The number of likely N-dealkylation sites (N-methyl/N-ethyl adjacent to an activating group) is 1. The quantitative estimate of drug-likeness (QED) is 0.399. The predicted molar refractivity (Wildman–Crippen MR) is 118 cm³/mol. The zero-order valence-electron chi connectivity index (χ0n) is 17.1. The van der Waals surface area contributed by atoms with Gasteiger partial charge < -0.3 is 10.2 Å². The minimum Gasteiger partial charge on any atom is -0.322 e. The van der Waals surface area contributed by atoms with E-state index in [2.05, 4.69) is 10.2 Å². The summed E-state index contributed by atoms with van der Waals surface area (Å²) in [5.41, 5.74) is 0.786. The van der Waals surface area contributed by atoms with Crippen molar-refractivity contribution in [3.05, 3.63) is 70.3 Å². The molecule has 1 N–H and O–H groups in total. The van der Waals surface area contributed by atoms with Crippen molar-refractivity contribution in [1.29, 1.82) is 0 Å². The number of piperazine rings is 1. The summed E-state index contributed by atoms with van der Waals surface area (Å²) in [7, 11) is -3.65. The van der Waals surface area contributed by atoms with Crippen molar-refractivity contribution < 1.29 is 18.1 Å². The normalized spacial score (nSPS) is 15.8. The van der Waals surface area contributed by atoms with E-state index in [1.54, 1.807) is 18.2 Å². The van der Waals surface area contributed by atoms with Crippen LogP contribution in [0.25, 0.3) is 6.08 Å². The second kappa shape index (κ2) is 9.82. The van der Waals surface area contributed by atoms with Crippen molar-refractivity contribution in [2.24, 2.45) is 0 Å². The van der Waals surface area contributed by atoms with Crippen molar-refractivity contribution in [1.82, 2.24) is 9.21 Å². The number of rotatable bonds is 7. The SMILES string of the molecule is CCN1CCN(S(=O)(=O)c2cccc(NC(=O)/C=C/c3cccc([N+](=O)[O-])c3)c2)CC1. The van der Waals surface area contributed by atoms with Crippen LogP contribution in [0.5, 0.6) is 0 Å². The summed E-state index contributed by atoms with van der Waals surface area (Å²) in [6.45, 7) is 5.17. The Bertz CT molecular complexity index is 1090. The van der Waals surface area contributed by atoms with Gasteiger partial charge in [0.25, 0.3) is 5.69 Å². The Kier molecular flexibility index (Phi) is 7.16. The first-order valence-electron chi connectivity index (χ1n) is 9.85. The van der Waals surface area contributed by atoms with E-state index in [1.165, 1.54) is 46.8 Å². The molecule has 1 fully saturated rings. The third-order valence-corrected chi connectivity index (χ3v) is 6.92. The molecular weight excluding hydrogens is 420 g/mol. The van der Waals surface area contributed by atoms with Crippen LogP contribution in [0.2, 0.25) is 0 Å². The van der Waals surface area contributed by atoms with E-state index in [9.17, 15) is 23.3 Å². The first-order valence-corrected chi connectivity index (χ1v) is 11.3. The van der Waals surface area contributed by atoms with Gasteiger partial charge in [0.15, 0.2) is 0 Å². The average Bonchev–Trinajstić information content (AvgIpc) is 2.78. The number of non-ortho nitro benzene ring substituents is 1. The van der Waals surface area contributed by atoms with Crippen LogP contribution in [-0.4, -0.2) is 61.2 Å². The lowest BCUT2D eigenvalue weighted by molar-refractivity contribution is -0.384. The molecule has 0 aliphatic carbocycles. The molecule has 0 aromatic heterocycles. The third kappa shape index (κ3) is 5.75. The van der Waals surface area contributed by atoms with Gasteiger partial charge in [0.2, 0.25) is 15.9 Å². The molecule has 31 heavy (non-hydrogen) atoms. The molecule has 0 bridgehead atoms. The number of carbonyl (C=O) groups excluding carboxylic acids is 1. The topological polar surface area (TPSA) is 113 Å². The zero-order chi connectivity index (χ0) is 22.4. The third-order valence-electron chi connectivity index (χ3n) is 5.03. The molecule has 1 amide bonds. The highest BCUT2D eigenvalue weighted by Crippen LogP contribution is 2.21. The van der Waals surface area contributed by atoms with E-state index in [0.29, 0.717) is 37.4 Å². The lowest BCUT2D eigenvalue weighted by atomic mass is 10.2. The Hall–Kier alpha value is -3.08. The van der Waals surface area contributed by atoms with Gasteiger partial charge >= 0.3 is 0 Å². The van der Waals surface area contributed by atoms with Crippen LogP contribution in [-0.2, 0) is 14.8 Å². The molecule has 1 aliphatic heterocycles. The zero-order valence-corrected chi connectivity index (χ0v) is 17.9. The summed E-state index contributed by atoms with van der Waals surface area (Å²) in [5.74, 6) is -0.474. The smallest absolute Gasteiger partial charge is 0.270 e. The molecule has 3 rings (SSSR count). The number of hydrogen-bond acceptors (Lipinski definition) is 6. The van der Waals surface area contributed by atoms with Crippen molar-refractivity contribution in [3.63, 3.8) is 0 Å². The minimum absolute atomic E-state index is 0.0692. The van der Waals surface area contributed by atoms with Crippen molar-refractivity contribution >= 4 is 33.4 Å². The highest BCUT2D eigenvalue weighted by molar-refractivity contribution is 7.89. The molecule has 9 nitrogen and oxygen atoms in total. The number of sulfonamides is 1. The first-order chi connectivity index (χ1) is 14.8. The standard InChI is InChI=1S/C21H24N4O5S/c1-2-23-11-13-24(14-12-23)31(29,30)20-8-4-6-18(16-20)22-21(26)10-9-17-5-3-7-19(15-17)25(27)28/h3-10,15-16H,2,11-14H2,1H3,(H,22,26)/b10-9+. The van der Waals surface area contributed by atoms with Gasteiger partial charge in [0.05, 0.1) is 9.82 Å². The Labute approximate surface area is 181 Å². The molecule has 164 valence electrons. The lowest BCUT2D eigenvalue weighted by Crippen LogP contribution is -2.48. The first kappa shape index (κ1) is 22.6. The maximum atomic E-state index is 12.9. The molecule has 2 aromatic rings. The molecule has 0 unspecified atom stereocenters. The Balaban J connectivity index is 1.68. The summed E-state index contributed by atoms with van der Waals surface area (Å²) >= 11 is 0. The fourth-order valence-corrected chi connectivity index (χ4v) is 4.74. The van der Waals surface area contributed by atoms with Crippen molar-refractivity contribution in [2.45, 2.75) is 11.8 Å². The average molecular weight is 445 g/mol. The number of benzene rings is 2. The molecule has 2 aromatic carbocycles. The predicted octanol–water partition coefficient (Wildman–Crippen LogP) is 2.57. The minimum atomic E-state index is -3.65. The van der Waals surface area contributed by atoms with Crippen LogP contribution >= 0.6 is 0 Å². The van der Waals surface area contributed by atoms with Gasteiger partial charge in [-0.25, -0.2) is 8.42 Å². The van der Waals surface area contributed by atoms with Crippen LogP contribution in [0.1, 0.15) is 12.5 Å². The van der Waals surface area contributed by atoms with Crippen LogP contribution in [0.4, 0.5) is 11.4 Å². The van der Waals surface area contributed by atoms with Gasteiger partial charge in [-0.3, -0.25) is 14.9 Å². The summed E-state index contributed by atoms with van der Waals surface area (Å²) in [5, 5.41) is 13.5. The van der Waals surface area contributed by atoms with Crippen molar-refractivity contribution in [2.75, 3.05) is 38.0 Å². The monoisotopic (exact) mass is 444 g/mol. The Morgan fingerprint density at radius 2 is 1.84 bits per heavy atom. The highest BCUT2D eigenvalue weighted by atomic mass is 32.2. The molecule has 1 heterocycles. The van der Waals surface area contributed by atoms with Gasteiger partial charge in [-0.1, -0.05) is 25.1 Å². The number of carbonyl (C=O) groups is 1. The molecule has 0 atom stereocenters. The van der Waals surface area contributed by atoms with Gasteiger partial charge in [-0.05, 0) is 36.4 Å². The van der Waals surface area contributed by atoms with Crippen LogP contribution in [0.15, 0.2) is 59.5 Å². The molecular formula is C21H24N4O5S. The summed E-state index contributed by atoms with van der Waals surface area (Å²) in [6, 6.07) is 12.0. The number of nitrogens with zero attached hydrogens (tertiary/aromatic N) is 3. The molecule has 0 saturated carbocycles. The Morgan fingerprint density at radius 1 is 1.13 bits per heavy atom. The summed E-state index contributed by atoms with van der Waals surface area (Å²) in [6.07, 6.45) is 2.69. The molecule has 1 saturated heterocycles. The van der Waals surface area contributed by atoms with Gasteiger partial charge in [-0.15, -0.1) is 0 Å². The van der Waals surface area contributed by atoms with Gasteiger partial charge in [0, 0.05) is 50.1 Å². The Morgan fingerprint density at radius 3 is 2.52 bits per heavy atom. The van der Waals surface area contributed by atoms with Crippen molar-refractivity contribution in [3.8, 4) is 0 Å². The van der Waals surface area contributed by atoms with E-state index in [1.807, 2.05) is 6.92 Å². The van der Waals surface area contributed by atoms with Crippen LogP contribution in [0.3, 0.4) is 0 Å². The maximum Gasteiger partial charge on any atom is 0.270 e. The lowest BCUT2D eigenvalue weighted by Gasteiger charge is -2.33.